The van der Waals surface area contributed by atoms with Crippen molar-refractivity contribution in [3.05, 3.63) is 88.6 Å². The van der Waals surface area contributed by atoms with Crippen molar-refractivity contribution in [3.8, 4) is 5.75 Å². The molecule has 1 unspecified atom stereocenters. The number of hydrogen-bond donors (Lipinski definition) is 2. The van der Waals surface area contributed by atoms with Crippen LogP contribution in [0.3, 0.4) is 0 Å². The molecule has 1 atom stereocenters. The number of likely N-dealkylation sites (N-methyl/N-ethyl adjacent to an activating group) is 1. The molecule has 3 aromatic carbocycles. The lowest BCUT2D eigenvalue weighted by Crippen LogP contribution is -2.46. The Kier molecular flexibility index (Phi) is 12.0. The maximum Gasteiger partial charge on any atom is 0.362 e. The molecule has 15 heteroatoms. The molecule has 1 amide bonds. The van der Waals surface area contributed by atoms with Crippen molar-refractivity contribution in [3.63, 3.8) is 0 Å². The third-order valence-electron chi connectivity index (χ3n) is 11.0. The Balaban J connectivity index is 0.959. The first-order chi connectivity index (χ1) is 26.6. The number of para-hydroxylation sites is 1. The molecule has 1 aromatic heterocycles. The molecule has 0 radical (unpaired) electrons. The smallest absolute Gasteiger partial charge is 0.362 e. The molecule has 0 aliphatic carbocycles. The second kappa shape index (κ2) is 16.9. The Morgan fingerprint density at radius 3 is 2.49 bits per heavy atom. The fourth-order valence-corrected chi connectivity index (χ4v) is 9.37. The summed E-state index contributed by atoms with van der Waals surface area (Å²) in [5, 5.41) is 7.05. The summed E-state index contributed by atoms with van der Waals surface area (Å²) in [5.74, 6) is 1.45. The molecule has 7 rings (SSSR count). The van der Waals surface area contributed by atoms with Crippen molar-refractivity contribution in [2.45, 2.75) is 50.9 Å². The lowest BCUT2D eigenvalue weighted by Gasteiger charge is -2.38. The van der Waals surface area contributed by atoms with Gasteiger partial charge in [0.15, 0.2) is 5.82 Å². The molecule has 4 aromatic rings. The summed E-state index contributed by atoms with van der Waals surface area (Å²) in [6.07, 6.45) is 5.78. The number of halogens is 1. The van der Waals surface area contributed by atoms with Crippen molar-refractivity contribution in [2.75, 3.05) is 77.1 Å². The number of nitrogens with zero attached hydrogens (tertiary/aromatic N) is 6. The van der Waals surface area contributed by atoms with Crippen LogP contribution in [0.15, 0.2) is 66.9 Å². The summed E-state index contributed by atoms with van der Waals surface area (Å²) in [7, 11) is 5.13. The maximum atomic E-state index is 13.3. The Morgan fingerprint density at radius 1 is 0.964 bits per heavy atom. The molecule has 2 N–H and O–H groups in total. The number of carbonyl (C=O) groups excluding carboxylic acids is 1. The molecule has 2 fully saturated rings. The van der Waals surface area contributed by atoms with Gasteiger partial charge in [-0.05, 0) is 87.8 Å². The summed E-state index contributed by atoms with van der Waals surface area (Å²) in [6.45, 7) is 5.47. The van der Waals surface area contributed by atoms with Crippen LogP contribution in [0.25, 0.3) is 0 Å². The third kappa shape index (κ3) is 8.47. The highest BCUT2D eigenvalue weighted by atomic mass is 35.5. The van der Waals surface area contributed by atoms with Crippen LogP contribution in [0.5, 0.6) is 5.75 Å². The molecule has 3 aliphatic rings. The van der Waals surface area contributed by atoms with E-state index in [0.29, 0.717) is 46.3 Å². The number of carbonyl (C=O) groups is 1. The molecule has 55 heavy (non-hydrogen) atoms. The SMILES string of the molecule is COc1cc(N2CCC(N(C)Cc3ccc4c(c3)CN(C3CCCN(C)C3)C4=O)CC2)ccc1Nc1ncc(Cl)c(Nc2ccccc2P(=O)(OC)OC)n1. The zero-order valence-electron chi connectivity index (χ0n) is 32.1. The molecular weight excluding hydrogens is 739 g/mol. The van der Waals surface area contributed by atoms with Gasteiger partial charge in [-0.1, -0.05) is 35.9 Å². The van der Waals surface area contributed by atoms with E-state index in [4.69, 9.17) is 25.4 Å². The highest BCUT2D eigenvalue weighted by molar-refractivity contribution is 7.62. The number of piperidine rings is 2. The van der Waals surface area contributed by atoms with E-state index in [1.807, 2.05) is 18.2 Å². The second-order valence-corrected chi connectivity index (χ2v) is 17.1. The highest BCUT2D eigenvalue weighted by Crippen LogP contribution is 2.47. The Labute approximate surface area is 328 Å². The number of nitrogens with one attached hydrogen (secondary N) is 2. The summed E-state index contributed by atoms with van der Waals surface area (Å²) in [5.41, 5.74) is 5.54. The largest absolute Gasteiger partial charge is 0.494 e. The third-order valence-corrected chi connectivity index (χ3v) is 13.3. The first-order valence-corrected chi connectivity index (χ1v) is 20.6. The first kappa shape index (κ1) is 39.0. The van der Waals surface area contributed by atoms with Gasteiger partial charge in [0.2, 0.25) is 5.95 Å². The van der Waals surface area contributed by atoms with Gasteiger partial charge in [-0.25, -0.2) is 4.98 Å². The van der Waals surface area contributed by atoms with E-state index in [0.717, 1.165) is 81.8 Å². The summed E-state index contributed by atoms with van der Waals surface area (Å²) < 4.78 is 29.4. The quantitative estimate of drug-likeness (QED) is 0.137. The van der Waals surface area contributed by atoms with E-state index in [1.165, 1.54) is 26.0 Å². The van der Waals surface area contributed by atoms with E-state index in [1.54, 1.807) is 31.4 Å². The van der Waals surface area contributed by atoms with E-state index >= 15 is 0 Å². The van der Waals surface area contributed by atoms with Crippen LogP contribution in [0.1, 0.15) is 47.2 Å². The summed E-state index contributed by atoms with van der Waals surface area (Å²) >= 11 is 6.48. The van der Waals surface area contributed by atoms with Crippen molar-refractivity contribution in [1.29, 1.82) is 0 Å². The van der Waals surface area contributed by atoms with Crippen LogP contribution in [0.2, 0.25) is 5.02 Å². The number of anilines is 5. The summed E-state index contributed by atoms with van der Waals surface area (Å²) in [4.78, 5) is 31.5. The van der Waals surface area contributed by atoms with Crippen LogP contribution < -0.4 is 25.6 Å². The second-order valence-electron chi connectivity index (χ2n) is 14.5. The maximum absolute atomic E-state index is 13.3. The number of benzene rings is 3. The minimum Gasteiger partial charge on any atom is -0.494 e. The number of likely N-dealkylation sites (tertiary alicyclic amines) is 1. The Bertz CT molecular complexity index is 2060. The van der Waals surface area contributed by atoms with E-state index < -0.39 is 7.60 Å². The van der Waals surface area contributed by atoms with Crippen molar-refractivity contribution in [2.24, 2.45) is 0 Å². The van der Waals surface area contributed by atoms with Gasteiger partial charge < -0.3 is 39.1 Å². The van der Waals surface area contributed by atoms with Gasteiger partial charge in [0.25, 0.3) is 5.91 Å². The van der Waals surface area contributed by atoms with Gasteiger partial charge >= 0.3 is 7.60 Å². The molecule has 0 spiro atoms. The molecule has 292 valence electrons. The fraction of sp³-hybridized carbons (Fsp3) is 0.425. The number of fused-ring (bicyclic) bond motifs is 1. The first-order valence-electron chi connectivity index (χ1n) is 18.7. The van der Waals surface area contributed by atoms with Gasteiger partial charge in [-0.15, -0.1) is 0 Å². The minimum absolute atomic E-state index is 0.186. The van der Waals surface area contributed by atoms with Crippen LogP contribution in [-0.2, 0) is 26.7 Å². The number of amides is 1. The molecule has 0 saturated carbocycles. The number of methoxy groups -OCH3 is 1. The van der Waals surface area contributed by atoms with Gasteiger partial charge in [0, 0.05) is 76.3 Å². The number of aromatic nitrogens is 2. The zero-order valence-corrected chi connectivity index (χ0v) is 33.8. The lowest BCUT2D eigenvalue weighted by atomic mass is 10.0. The number of rotatable bonds is 13. The molecular formula is C40H50ClN8O5P. The van der Waals surface area contributed by atoms with Gasteiger partial charge in [-0.2, -0.15) is 4.98 Å². The Hall–Kier alpha value is -4.23. The van der Waals surface area contributed by atoms with E-state index in [-0.39, 0.29) is 10.9 Å². The van der Waals surface area contributed by atoms with E-state index in [9.17, 15) is 9.36 Å². The predicted octanol–water partition coefficient (Wildman–Crippen LogP) is 6.89. The van der Waals surface area contributed by atoms with Gasteiger partial charge in [0.1, 0.15) is 10.8 Å². The highest BCUT2D eigenvalue weighted by Gasteiger charge is 2.35. The topological polar surface area (TPSA) is 125 Å². The van der Waals surface area contributed by atoms with Crippen molar-refractivity contribution in [1.82, 2.24) is 24.7 Å². The van der Waals surface area contributed by atoms with Crippen molar-refractivity contribution < 1.29 is 23.1 Å². The van der Waals surface area contributed by atoms with Crippen LogP contribution in [0, 0.1) is 0 Å². The average Bonchev–Trinajstić information content (AvgIpc) is 3.54. The van der Waals surface area contributed by atoms with Crippen LogP contribution in [0.4, 0.5) is 28.8 Å². The zero-order chi connectivity index (χ0) is 38.7. The van der Waals surface area contributed by atoms with Crippen LogP contribution >= 0.6 is 19.2 Å². The van der Waals surface area contributed by atoms with Crippen molar-refractivity contribution >= 4 is 59.2 Å². The molecule has 4 heterocycles. The monoisotopic (exact) mass is 788 g/mol. The minimum atomic E-state index is -3.55. The molecule has 2 saturated heterocycles. The molecule has 13 nitrogen and oxygen atoms in total. The average molecular weight is 789 g/mol. The van der Waals surface area contributed by atoms with Crippen LogP contribution in [-0.4, -0.2) is 104 Å². The summed E-state index contributed by atoms with van der Waals surface area (Å²) in [6, 6.07) is 20.2. The standard InChI is InChI=1S/C40H50ClN8O5P/c1-46-18-8-9-31(26-46)49-25-28-21-27(12-14-32(28)39(49)50)24-47(2)29-16-19-48(20-17-29)30-13-15-34(36(22-30)52-3)44-40-42-23-33(41)38(45-40)43-35-10-6-7-11-37(35)55(51,53-4)54-5/h6-7,10-15,21-23,29,31H,8-9,16-20,24-26H2,1-5H3,(H2,42,43,44,45). The predicted molar refractivity (Wildman–Crippen MR) is 218 cm³/mol. The molecule has 3 aliphatic heterocycles. The number of hydrogen-bond acceptors (Lipinski definition) is 12. The van der Waals surface area contributed by atoms with Gasteiger partial charge in [0.05, 0.1) is 30.0 Å². The number of ether oxygens (including phenoxy) is 1. The molecule has 0 bridgehead atoms. The van der Waals surface area contributed by atoms with E-state index in [2.05, 4.69) is 72.5 Å². The van der Waals surface area contributed by atoms with Gasteiger partial charge in [-0.3, -0.25) is 14.3 Å². The Morgan fingerprint density at radius 2 is 1.75 bits per heavy atom. The fourth-order valence-electron chi connectivity index (χ4n) is 8.00. The lowest BCUT2D eigenvalue weighted by molar-refractivity contribution is 0.0598. The normalized spacial score (nSPS) is 18.2.